The van der Waals surface area contributed by atoms with Crippen LogP contribution in [0.2, 0.25) is 0 Å². The Morgan fingerprint density at radius 3 is 2.27 bits per heavy atom. The Bertz CT molecular complexity index is 185. The molecule has 0 fully saturated rings. The molecule has 0 spiro atoms. The van der Waals surface area contributed by atoms with Crippen LogP contribution in [0.5, 0.6) is 0 Å². The summed E-state index contributed by atoms with van der Waals surface area (Å²) in [4.78, 5) is 1.31. The first kappa shape index (κ1) is 10.6. The van der Waals surface area contributed by atoms with Gasteiger partial charge in [-0.1, -0.05) is 23.8 Å². The van der Waals surface area contributed by atoms with E-state index in [-0.39, 0.29) is 0 Å². The van der Waals surface area contributed by atoms with Crippen molar-refractivity contribution in [2.24, 2.45) is 0 Å². The van der Waals surface area contributed by atoms with Gasteiger partial charge >= 0.3 is 0 Å². The van der Waals surface area contributed by atoms with Crippen molar-refractivity contribution in [3.05, 3.63) is 34.8 Å². The molecule has 0 bridgehead atoms. The fourth-order valence-corrected chi connectivity index (χ4v) is 1.22. The average molecular weight is 168 g/mol. The molecular weight excluding hydrogens is 152 g/mol. The van der Waals surface area contributed by atoms with Gasteiger partial charge in [0.2, 0.25) is 0 Å². The van der Waals surface area contributed by atoms with Crippen molar-refractivity contribution in [2.75, 3.05) is 6.26 Å². The third kappa shape index (κ3) is 4.91. The van der Waals surface area contributed by atoms with E-state index in [4.69, 9.17) is 0 Å². The first-order valence-corrected chi connectivity index (χ1v) is 4.98. The summed E-state index contributed by atoms with van der Waals surface area (Å²) in [6, 6.07) is 0. The summed E-state index contributed by atoms with van der Waals surface area (Å²) in [5, 5.41) is 0. The van der Waals surface area contributed by atoms with Gasteiger partial charge in [-0.15, -0.1) is 11.8 Å². The normalized spacial score (nSPS) is 14.5. The molecule has 0 aromatic heterocycles. The lowest BCUT2D eigenvalue weighted by atomic mass is 10.2. The van der Waals surface area contributed by atoms with Crippen LogP contribution in [0.25, 0.3) is 0 Å². The topological polar surface area (TPSA) is 0 Å². The van der Waals surface area contributed by atoms with Crippen LogP contribution in [0.4, 0.5) is 0 Å². The van der Waals surface area contributed by atoms with Crippen LogP contribution in [-0.2, 0) is 0 Å². The molecule has 0 N–H and O–H groups in total. The highest BCUT2D eigenvalue weighted by Crippen LogP contribution is 2.15. The molecule has 0 saturated carbocycles. The monoisotopic (exact) mass is 168 g/mol. The van der Waals surface area contributed by atoms with Gasteiger partial charge in [-0.3, -0.25) is 0 Å². The lowest BCUT2D eigenvalue weighted by molar-refractivity contribution is 1.47. The van der Waals surface area contributed by atoms with E-state index >= 15 is 0 Å². The van der Waals surface area contributed by atoms with E-state index in [9.17, 15) is 0 Å². The fraction of sp³-hybridized carbons (Fsp3) is 0.400. The molecule has 62 valence electrons. The van der Waals surface area contributed by atoms with Gasteiger partial charge in [-0.2, -0.15) is 0 Å². The zero-order valence-corrected chi connectivity index (χ0v) is 8.53. The molecule has 0 amide bonds. The van der Waals surface area contributed by atoms with Gasteiger partial charge in [0, 0.05) is 4.91 Å². The van der Waals surface area contributed by atoms with Gasteiger partial charge in [0.05, 0.1) is 0 Å². The molecule has 0 unspecified atom stereocenters. The fourth-order valence-electron chi connectivity index (χ4n) is 0.647. The molecule has 0 nitrogen and oxygen atoms in total. The van der Waals surface area contributed by atoms with Crippen molar-refractivity contribution in [1.82, 2.24) is 0 Å². The molecule has 0 aliphatic rings. The second-order valence-corrected chi connectivity index (χ2v) is 3.16. The highest BCUT2D eigenvalue weighted by molar-refractivity contribution is 8.02. The Labute approximate surface area is 74.1 Å². The number of thioether (sulfide) groups is 1. The highest BCUT2D eigenvalue weighted by Gasteiger charge is 1.87. The summed E-state index contributed by atoms with van der Waals surface area (Å²) in [6.07, 6.45) is 10.6. The highest BCUT2D eigenvalue weighted by atomic mass is 32.2. The van der Waals surface area contributed by atoms with Gasteiger partial charge < -0.3 is 0 Å². The lowest BCUT2D eigenvalue weighted by Gasteiger charge is -1.95. The second kappa shape index (κ2) is 6.29. The van der Waals surface area contributed by atoms with Crippen LogP contribution in [0.1, 0.15) is 20.8 Å². The minimum Gasteiger partial charge on any atom is -0.130 e. The Morgan fingerprint density at radius 1 is 1.27 bits per heavy atom. The summed E-state index contributed by atoms with van der Waals surface area (Å²) in [5.74, 6) is 0. The van der Waals surface area contributed by atoms with Crippen molar-refractivity contribution in [1.29, 1.82) is 0 Å². The van der Waals surface area contributed by atoms with Crippen molar-refractivity contribution >= 4 is 11.8 Å². The van der Waals surface area contributed by atoms with Gasteiger partial charge in [-0.05, 0) is 33.1 Å². The lowest BCUT2D eigenvalue weighted by Crippen LogP contribution is -1.71. The van der Waals surface area contributed by atoms with Crippen LogP contribution >= 0.6 is 11.8 Å². The van der Waals surface area contributed by atoms with Gasteiger partial charge in [0.1, 0.15) is 0 Å². The molecule has 11 heavy (non-hydrogen) atoms. The molecule has 0 aliphatic heterocycles. The van der Waals surface area contributed by atoms with E-state index in [1.165, 1.54) is 10.5 Å². The Morgan fingerprint density at radius 2 is 1.91 bits per heavy atom. The van der Waals surface area contributed by atoms with Crippen molar-refractivity contribution in [3.63, 3.8) is 0 Å². The van der Waals surface area contributed by atoms with Crippen LogP contribution in [0.15, 0.2) is 34.8 Å². The third-order valence-corrected chi connectivity index (χ3v) is 2.12. The molecule has 0 aromatic rings. The summed E-state index contributed by atoms with van der Waals surface area (Å²) >= 11 is 1.77. The Balaban J connectivity index is 4.35. The van der Waals surface area contributed by atoms with Gasteiger partial charge in [0.15, 0.2) is 0 Å². The maximum atomic E-state index is 2.19. The summed E-state index contributed by atoms with van der Waals surface area (Å²) in [5.41, 5.74) is 1.31. The molecule has 0 saturated heterocycles. The molecule has 0 heterocycles. The second-order valence-electron chi connectivity index (χ2n) is 2.28. The average Bonchev–Trinajstić information content (AvgIpc) is 2.03. The molecular formula is C10H16S. The van der Waals surface area contributed by atoms with Crippen molar-refractivity contribution in [3.8, 4) is 0 Å². The smallest absolute Gasteiger partial charge is 0.00683 e. The van der Waals surface area contributed by atoms with E-state index in [1.54, 1.807) is 11.8 Å². The van der Waals surface area contributed by atoms with Crippen LogP contribution in [0.3, 0.4) is 0 Å². The van der Waals surface area contributed by atoms with Gasteiger partial charge in [0.25, 0.3) is 0 Å². The van der Waals surface area contributed by atoms with E-state index in [0.29, 0.717) is 0 Å². The summed E-state index contributed by atoms with van der Waals surface area (Å²) < 4.78 is 0. The molecule has 0 aliphatic carbocycles. The summed E-state index contributed by atoms with van der Waals surface area (Å²) in [7, 11) is 0. The van der Waals surface area contributed by atoms with E-state index < -0.39 is 0 Å². The molecule has 0 radical (unpaired) electrons. The molecule has 0 rings (SSSR count). The van der Waals surface area contributed by atoms with Crippen LogP contribution in [-0.4, -0.2) is 6.26 Å². The van der Waals surface area contributed by atoms with E-state index in [2.05, 4.69) is 44.4 Å². The van der Waals surface area contributed by atoms with E-state index in [0.717, 1.165) is 0 Å². The Hall–Kier alpha value is -0.430. The van der Waals surface area contributed by atoms with Crippen molar-refractivity contribution in [2.45, 2.75) is 20.8 Å². The SMILES string of the molecule is C\C=C/C(=C\C(C)=C/C)SC. The minimum atomic E-state index is 1.31. The number of rotatable bonds is 3. The first-order valence-electron chi connectivity index (χ1n) is 3.76. The van der Waals surface area contributed by atoms with Crippen LogP contribution in [0, 0.1) is 0 Å². The van der Waals surface area contributed by atoms with Crippen molar-refractivity contribution < 1.29 is 0 Å². The number of hydrogen-bond acceptors (Lipinski definition) is 1. The first-order chi connectivity index (χ1) is 5.24. The van der Waals surface area contributed by atoms with Gasteiger partial charge in [-0.25, -0.2) is 0 Å². The molecule has 0 aromatic carbocycles. The number of hydrogen-bond donors (Lipinski definition) is 0. The quantitative estimate of drug-likeness (QED) is 0.578. The maximum absolute atomic E-state index is 2.19. The standard InChI is InChI=1S/C10H16S/c1-5-7-10(11-4)8-9(3)6-2/h5-8H,1-4H3/b7-5-,9-6-,10-8+. The minimum absolute atomic E-state index is 1.31. The predicted molar refractivity (Wildman–Crippen MR) is 55.8 cm³/mol. The third-order valence-electron chi connectivity index (χ3n) is 1.39. The van der Waals surface area contributed by atoms with Crippen LogP contribution < -0.4 is 0 Å². The Kier molecular flexibility index (Phi) is 6.05. The van der Waals surface area contributed by atoms with E-state index in [1.807, 2.05) is 6.92 Å². The molecule has 0 atom stereocenters. The molecule has 1 heteroatoms. The number of allylic oxidation sites excluding steroid dienone is 5. The zero-order chi connectivity index (χ0) is 8.69. The maximum Gasteiger partial charge on any atom is 0.00683 e. The summed E-state index contributed by atoms with van der Waals surface area (Å²) in [6.45, 7) is 6.20. The largest absolute Gasteiger partial charge is 0.130 e. The zero-order valence-electron chi connectivity index (χ0n) is 7.72. The predicted octanol–water partition coefficient (Wildman–Crippen LogP) is 3.78.